The summed E-state index contributed by atoms with van der Waals surface area (Å²) in [4.78, 5) is 23.7. The number of nitrogens with one attached hydrogen (secondary N) is 4. The van der Waals surface area contributed by atoms with Gasteiger partial charge in [0.05, 0.1) is 0 Å². The Kier molecular flexibility index (Phi) is 7.32. The van der Waals surface area contributed by atoms with Gasteiger partial charge in [0.25, 0.3) is 5.91 Å². The van der Waals surface area contributed by atoms with Crippen molar-refractivity contribution in [1.29, 1.82) is 0 Å². The Bertz CT molecular complexity index is 792. The van der Waals surface area contributed by atoms with Crippen molar-refractivity contribution in [3.8, 4) is 0 Å². The summed E-state index contributed by atoms with van der Waals surface area (Å²) in [6, 6.07) is 18.9. The average Bonchev–Trinajstić information content (AvgIpc) is 2.65. The van der Waals surface area contributed by atoms with E-state index in [1.54, 1.807) is 6.08 Å². The van der Waals surface area contributed by atoms with Crippen LogP contribution in [0.4, 0.5) is 0 Å². The summed E-state index contributed by atoms with van der Waals surface area (Å²) in [5, 5.41) is 5.77. The fourth-order valence-corrected chi connectivity index (χ4v) is 2.19. The Hall–Kier alpha value is -3.19. The molecule has 7 heteroatoms. The predicted octanol–water partition coefficient (Wildman–Crippen LogP) is 1.86. The topological polar surface area (TPSA) is 82.3 Å². The smallest absolute Gasteiger partial charge is 0.286 e. The lowest BCUT2D eigenvalue weighted by atomic mass is 10.2. The highest BCUT2D eigenvalue weighted by Gasteiger charge is 2.11. The number of hydrogen-bond acceptors (Lipinski definition) is 3. The van der Waals surface area contributed by atoms with Crippen molar-refractivity contribution in [3.63, 3.8) is 0 Å². The quantitative estimate of drug-likeness (QED) is 0.368. The van der Waals surface area contributed by atoms with Gasteiger partial charge < -0.3 is 10.6 Å². The molecule has 2 amide bonds. The SMILES string of the molecule is CC(=O)N/C(=C\c1ccccc1)C(=O)NNC(=S)NCc1ccccc1. The lowest BCUT2D eigenvalue weighted by Crippen LogP contribution is -2.48. The minimum Gasteiger partial charge on any atom is -0.357 e. The molecular formula is C19H20N4O2S. The summed E-state index contributed by atoms with van der Waals surface area (Å²) in [5.41, 5.74) is 7.05. The van der Waals surface area contributed by atoms with E-state index in [9.17, 15) is 9.59 Å². The lowest BCUT2D eigenvalue weighted by Gasteiger charge is -2.13. The van der Waals surface area contributed by atoms with Gasteiger partial charge in [-0.1, -0.05) is 60.7 Å². The summed E-state index contributed by atoms with van der Waals surface area (Å²) in [6.45, 7) is 1.87. The van der Waals surface area contributed by atoms with Crippen molar-refractivity contribution < 1.29 is 9.59 Å². The Labute approximate surface area is 157 Å². The first-order valence-electron chi connectivity index (χ1n) is 7.97. The van der Waals surface area contributed by atoms with Gasteiger partial charge in [-0.2, -0.15) is 0 Å². The molecule has 0 aliphatic carbocycles. The molecule has 0 unspecified atom stereocenters. The van der Waals surface area contributed by atoms with Crippen LogP contribution in [0.5, 0.6) is 0 Å². The number of hydrogen-bond donors (Lipinski definition) is 4. The maximum Gasteiger partial charge on any atom is 0.286 e. The molecule has 2 rings (SSSR count). The third-order valence-electron chi connectivity index (χ3n) is 3.25. The molecule has 0 saturated carbocycles. The predicted molar refractivity (Wildman–Crippen MR) is 105 cm³/mol. The molecule has 0 fully saturated rings. The highest BCUT2D eigenvalue weighted by Crippen LogP contribution is 2.05. The second-order valence-corrected chi connectivity index (χ2v) is 5.81. The van der Waals surface area contributed by atoms with Crippen LogP contribution in [0.2, 0.25) is 0 Å². The molecule has 0 saturated heterocycles. The molecule has 6 nitrogen and oxygen atoms in total. The average molecular weight is 368 g/mol. The highest BCUT2D eigenvalue weighted by molar-refractivity contribution is 7.80. The molecular weight excluding hydrogens is 348 g/mol. The Balaban J connectivity index is 1.91. The van der Waals surface area contributed by atoms with Gasteiger partial charge in [-0.15, -0.1) is 0 Å². The largest absolute Gasteiger partial charge is 0.357 e. The normalized spacial score (nSPS) is 10.6. The van der Waals surface area contributed by atoms with Crippen LogP contribution in [-0.2, 0) is 16.1 Å². The second kappa shape index (κ2) is 9.95. The van der Waals surface area contributed by atoms with Crippen molar-refractivity contribution in [2.75, 3.05) is 0 Å². The molecule has 4 N–H and O–H groups in total. The van der Waals surface area contributed by atoms with Crippen molar-refractivity contribution in [2.45, 2.75) is 13.5 Å². The van der Waals surface area contributed by atoms with E-state index in [4.69, 9.17) is 12.2 Å². The van der Waals surface area contributed by atoms with Crippen LogP contribution in [0.25, 0.3) is 6.08 Å². The Morgan fingerprint density at radius 1 is 0.962 bits per heavy atom. The van der Waals surface area contributed by atoms with Gasteiger partial charge in [-0.3, -0.25) is 20.4 Å². The van der Waals surface area contributed by atoms with Crippen LogP contribution >= 0.6 is 12.2 Å². The molecule has 2 aromatic rings. The molecule has 0 atom stereocenters. The van der Waals surface area contributed by atoms with E-state index in [1.807, 2.05) is 60.7 Å². The zero-order valence-electron chi connectivity index (χ0n) is 14.3. The molecule has 2 aromatic carbocycles. The molecule has 134 valence electrons. The standard InChI is InChI=1S/C19H20N4O2S/c1-14(24)21-17(12-15-8-4-2-5-9-15)18(25)22-23-19(26)20-13-16-10-6-3-7-11-16/h2-12H,13H2,1H3,(H,21,24)(H,22,25)(H2,20,23,26)/b17-12-. The monoisotopic (exact) mass is 368 g/mol. The first-order valence-corrected chi connectivity index (χ1v) is 8.38. The number of benzene rings is 2. The highest BCUT2D eigenvalue weighted by atomic mass is 32.1. The first-order chi connectivity index (χ1) is 12.5. The van der Waals surface area contributed by atoms with Crippen LogP contribution < -0.4 is 21.5 Å². The number of hydrazine groups is 1. The van der Waals surface area contributed by atoms with Crippen LogP contribution in [0, 0.1) is 0 Å². The second-order valence-electron chi connectivity index (χ2n) is 5.40. The lowest BCUT2D eigenvalue weighted by molar-refractivity contribution is -0.122. The third kappa shape index (κ3) is 6.74. The summed E-state index contributed by atoms with van der Waals surface area (Å²) < 4.78 is 0. The van der Waals surface area contributed by atoms with Gasteiger partial charge >= 0.3 is 0 Å². The van der Waals surface area contributed by atoms with Gasteiger partial charge in [0.2, 0.25) is 5.91 Å². The van der Waals surface area contributed by atoms with E-state index in [0.29, 0.717) is 6.54 Å². The van der Waals surface area contributed by atoms with Gasteiger partial charge in [0.15, 0.2) is 5.11 Å². The van der Waals surface area contributed by atoms with Crippen LogP contribution in [0.15, 0.2) is 66.4 Å². The summed E-state index contributed by atoms with van der Waals surface area (Å²) >= 11 is 5.13. The number of carbonyl (C=O) groups excluding carboxylic acids is 2. The Morgan fingerprint density at radius 3 is 2.19 bits per heavy atom. The van der Waals surface area contributed by atoms with E-state index in [2.05, 4.69) is 21.5 Å². The van der Waals surface area contributed by atoms with Gasteiger partial charge in [-0.05, 0) is 29.4 Å². The molecule has 26 heavy (non-hydrogen) atoms. The minimum absolute atomic E-state index is 0.113. The van der Waals surface area contributed by atoms with Gasteiger partial charge in [-0.25, -0.2) is 0 Å². The van der Waals surface area contributed by atoms with E-state index < -0.39 is 5.91 Å². The number of amides is 2. The fraction of sp³-hybridized carbons (Fsp3) is 0.105. The zero-order chi connectivity index (χ0) is 18.8. The first kappa shape index (κ1) is 19.1. The van der Waals surface area contributed by atoms with E-state index in [1.165, 1.54) is 6.92 Å². The summed E-state index contributed by atoms with van der Waals surface area (Å²) in [6.07, 6.45) is 1.58. The third-order valence-corrected chi connectivity index (χ3v) is 3.50. The van der Waals surface area contributed by atoms with Crippen molar-refractivity contribution in [3.05, 3.63) is 77.5 Å². The van der Waals surface area contributed by atoms with E-state index in [0.717, 1.165) is 11.1 Å². The number of thiocarbonyl (C=S) groups is 1. The van der Waals surface area contributed by atoms with Crippen molar-refractivity contribution in [2.24, 2.45) is 0 Å². The molecule has 0 bridgehead atoms. The molecule has 0 radical (unpaired) electrons. The van der Waals surface area contributed by atoms with Crippen LogP contribution in [0.3, 0.4) is 0 Å². The van der Waals surface area contributed by atoms with Gasteiger partial charge in [0, 0.05) is 13.5 Å². The molecule has 0 heterocycles. The number of rotatable bonds is 5. The summed E-state index contributed by atoms with van der Waals surface area (Å²) in [5.74, 6) is -0.847. The Morgan fingerprint density at radius 2 is 1.58 bits per heavy atom. The minimum atomic E-state index is -0.507. The van der Waals surface area contributed by atoms with Crippen molar-refractivity contribution >= 4 is 35.2 Å². The molecule has 0 aliphatic heterocycles. The van der Waals surface area contributed by atoms with E-state index in [-0.39, 0.29) is 16.7 Å². The molecule has 0 spiro atoms. The van der Waals surface area contributed by atoms with Crippen molar-refractivity contribution in [1.82, 2.24) is 21.5 Å². The van der Waals surface area contributed by atoms with Gasteiger partial charge in [0.1, 0.15) is 5.70 Å². The maximum absolute atomic E-state index is 12.3. The van der Waals surface area contributed by atoms with Crippen LogP contribution in [0.1, 0.15) is 18.1 Å². The fourth-order valence-electron chi connectivity index (χ4n) is 2.07. The maximum atomic E-state index is 12.3. The summed E-state index contributed by atoms with van der Waals surface area (Å²) in [7, 11) is 0. The number of carbonyl (C=O) groups is 2. The molecule has 0 aromatic heterocycles. The molecule has 0 aliphatic rings. The van der Waals surface area contributed by atoms with E-state index >= 15 is 0 Å². The van der Waals surface area contributed by atoms with Crippen LogP contribution in [-0.4, -0.2) is 16.9 Å². The zero-order valence-corrected chi connectivity index (χ0v) is 15.1.